The molecule has 0 saturated carbocycles. The maximum absolute atomic E-state index is 12.9. The summed E-state index contributed by atoms with van der Waals surface area (Å²) in [5.74, 6) is 0.558. The van der Waals surface area contributed by atoms with E-state index in [1.54, 1.807) is 22.5 Å². The van der Waals surface area contributed by atoms with Crippen LogP contribution in [0, 0.1) is 5.92 Å². The van der Waals surface area contributed by atoms with Gasteiger partial charge in [-0.25, -0.2) is 8.42 Å². The second-order valence-corrected chi connectivity index (χ2v) is 7.98. The second kappa shape index (κ2) is 7.85. The van der Waals surface area contributed by atoms with Crippen LogP contribution in [-0.2, 0) is 10.0 Å². The first-order chi connectivity index (χ1) is 10.6. The molecule has 0 atom stereocenters. The number of benzene rings is 1. The molecule has 3 rings (SSSR count). The molecular formula is C14H21ClN4O2S2. The summed E-state index contributed by atoms with van der Waals surface area (Å²) < 4.78 is 35.6. The summed E-state index contributed by atoms with van der Waals surface area (Å²) in [6.07, 6.45) is 1.80. The molecule has 6 nitrogen and oxygen atoms in total. The quantitative estimate of drug-likeness (QED) is 0.865. The molecular weight excluding hydrogens is 356 g/mol. The lowest BCUT2D eigenvalue weighted by Gasteiger charge is -2.31. The monoisotopic (exact) mass is 376 g/mol. The predicted molar refractivity (Wildman–Crippen MR) is 94.7 cm³/mol. The number of nitrogens with one attached hydrogen (secondary N) is 1. The lowest BCUT2D eigenvalue weighted by Crippen LogP contribution is -2.40. The summed E-state index contributed by atoms with van der Waals surface area (Å²) >= 11 is 1.05. The van der Waals surface area contributed by atoms with E-state index in [-0.39, 0.29) is 17.3 Å². The van der Waals surface area contributed by atoms with E-state index in [2.05, 4.69) is 21.0 Å². The number of nitrogens with zero attached hydrogens (tertiary/aromatic N) is 3. The van der Waals surface area contributed by atoms with Crippen molar-refractivity contribution in [3.05, 3.63) is 18.2 Å². The van der Waals surface area contributed by atoms with Gasteiger partial charge in [-0.15, -0.1) is 12.4 Å². The Hall–Kier alpha value is -0.800. The number of rotatable bonds is 5. The maximum atomic E-state index is 12.9. The molecule has 1 aliphatic heterocycles. The van der Waals surface area contributed by atoms with Crippen molar-refractivity contribution in [1.29, 1.82) is 0 Å². The standard InChI is InChI=1S/C14H20N4O2S2.ClH/c1-2-15-10-11-6-8-18(9-7-11)22(19,20)13-5-3-4-12-14(13)17-21-16-12;/h3-5,11,15H,2,6-10H2,1H3;1H. The molecule has 2 aromatic rings. The van der Waals surface area contributed by atoms with Crippen molar-refractivity contribution in [2.45, 2.75) is 24.7 Å². The van der Waals surface area contributed by atoms with Crippen molar-refractivity contribution < 1.29 is 8.42 Å². The molecule has 2 heterocycles. The summed E-state index contributed by atoms with van der Waals surface area (Å²) in [6.45, 7) is 5.16. The highest BCUT2D eigenvalue weighted by atomic mass is 35.5. The van der Waals surface area contributed by atoms with E-state index in [9.17, 15) is 8.42 Å². The molecule has 9 heteroatoms. The zero-order valence-electron chi connectivity index (χ0n) is 12.9. The Balaban J connectivity index is 0.00000192. The molecule has 128 valence electrons. The Morgan fingerprint density at radius 1 is 1.30 bits per heavy atom. The van der Waals surface area contributed by atoms with Crippen molar-refractivity contribution in [2.24, 2.45) is 5.92 Å². The third-order valence-electron chi connectivity index (χ3n) is 4.12. The predicted octanol–water partition coefficient (Wildman–Crippen LogP) is 2.12. The summed E-state index contributed by atoms with van der Waals surface area (Å²) in [7, 11) is -3.49. The van der Waals surface area contributed by atoms with Gasteiger partial charge in [0.25, 0.3) is 0 Å². The minimum Gasteiger partial charge on any atom is -0.317 e. The average molecular weight is 377 g/mol. The number of piperidine rings is 1. The van der Waals surface area contributed by atoms with Crippen LogP contribution in [0.5, 0.6) is 0 Å². The van der Waals surface area contributed by atoms with E-state index >= 15 is 0 Å². The van der Waals surface area contributed by atoms with Gasteiger partial charge in [-0.05, 0) is 44.0 Å². The van der Waals surface area contributed by atoms with Crippen LogP contribution in [0.1, 0.15) is 19.8 Å². The Morgan fingerprint density at radius 2 is 2.04 bits per heavy atom. The molecule has 0 aliphatic carbocycles. The molecule has 0 unspecified atom stereocenters. The first-order valence-electron chi connectivity index (χ1n) is 7.55. The first kappa shape index (κ1) is 18.5. The van der Waals surface area contributed by atoms with Gasteiger partial charge in [-0.3, -0.25) is 0 Å². The van der Waals surface area contributed by atoms with Gasteiger partial charge in [0.15, 0.2) is 0 Å². The van der Waals surface area contributed by atoms with Gasteiger partial charge in [0.1, 0.15) is 15.9 Å². The van der Waals surface area contributed by atoms with Crippen LogP contribution in [0.2, 0.25) is 0 Å². The molecule has 1 saturated heterocycles. The molecule has 1 aromatic heterocycles. The van der Waals surface area contributed by atoms with Gasteiger partial charge < -0.3 is 5.32 Å². The van der Waals surface area contributed by atoms with Gasteiger partial charge in [0.05, 0.1) is 11.7 Å². The smallest absolute Gasteiger partial charge is 0.245 e. The largest absolute Gasteiger partial charge is 0.317 e. The van der Waals surface area contributed by atoms with E-state index in [1.165, 1.54) is 0 Å². The van der Waals surface area contributed by atoms with Crippen LogP contribution in [-0.4, -0.2) is 47.6 Å². The number of hydrogen-bond donors (Lipinski definition) is 1. The number of fused-ring (bicyclic) bond motifs is 1. The van der Waals surface area contributed by atoms with Crippen molar-refractivity contribution in [1.82, 2.24) is 18.4 Å². The molecule has 1 N–H and O–H groups in total. The third-order valence-corrected chi connectivity index (χ3v) is 6.60. The van der Waals surface area contributed by atoms with Gasteiger partial charge in [0, 0.05) is 13.1 Å². The SMILES string of the molecule is CCNCC1CCN(S(=O)(=O)c2cccc3nsnc23)CC1.Cl. The summed E-state index contributed by atoms with van der Waals surface area (Å²) in [6, 6.07) is 5.15. The van der Waals surface area contributed by atoms with Crippen LogP contribution in [0.4, 0.5) is 0 Å². The van der Waals surface area contributed by atoms with E-state index in [1.807, 2.05) is 0 Å². The van der Waals surface area contributed by atoms with Crippen LogP contribution in [0.15, 0.2) is 23.1 Å². The molecule has 0 bridgehead atoms. The minimum absolute atomic E-state index is 0. The number of hydrogen-bond acceptors (Lipinski definition) is 6. The number of sulfonamides is 1. The fourth-order valence-corrected chi connectivity index (χ4v) is 5.05. The fourth-order valence-electron chi connectivity index (χ4n) is 2.83. The highest BCUT2D eigenvalue weighted by Gasteiger charge is 2.31. The van der Waals surface area contributed by atoms with Crippen molar-refractivity contribution >= 4 is 45.2 Å². The Kier molecular flexibility index (Phi) is 6.33. The lowest BCUT2D eigenvalue weighted by atomic mass is 9.98. The molecule has 1 aromatic carbocycles. The van der Waals surface area contributed by atoms with Gasteiger partial charge in [0.2, 0.25) is 10.0 Å². The topological polar surface area (TPSA) is 75.2 Å². The maximum Gasteiger partial charge on any atom is 0.245 e. The summed E-state index contributed by atoms with van der Waals surface area (Å²) in [5, 5.41) is 3.34. The second-order valence-electron chi connectivity index (χ2n) is 5.54. The zero-order chi connectivity index (χ0) is 15.6. The van der Waals surface area contributed by atoms with Crippen molar-refractivity contribution in [3.63, 3.8) is 0 Å². The Labute approximate surface area is 147 Å². The normalized spacial score (nSPS) is 17.3. The average Bonchev–Trinajstić information content (AvgIpc) is 3.01. The van der Waals surface area contributed by atoms with Crippen LogP contribution < -0.4 is 5.32 Å². The van der Waals surface area contributed by atoms with E-state index in [0.717, 1.165) is 37.7 Å². The molecule has 23 heavy (non-hydrogen) atoms. The van der Waals surface area contributed by atoms with Crippen LogP contribution in [0.3, 0.4) is 0 Å². The van der Waals surface area contributed by atoms with Crippen molar-refractivity contribution in [3.8, 4) is 0 Å². The summed E-state index contributed by atoms with van der Waals surface area (Å²) in [4.78, 5) is 0.281. The van der Waals surface area contributed by atoms with Crippen LogP contribution in [0.25, 0.3) is 11.0 Å². The molecule has 0 spiro atoms. The third kappa shape index (κ3) is 3.83. The van der Waals surface area contributed by atoms with Crippen molar-refractivity contribution in [2.75, 3.05) is 26.2 Å². The van der Waals surface area contributed by atoms with Gasteiger partial charge in [-0.2, -0.15) is 13.1 Å². The van der Waals surface area contributed by atoms with Gasteiger partial charge >= 0.3 is 0 Å². The molecule has 0 amide bonds. The first-order valence-corrected chi connectivity index (χ1v) is 9.72. The van der Waals surface area contributed by atoms with Gasteiger partial charge in [-0.1, -0.05) is 13.0 Å². The molecule has 1 fully saturated rings. The summed E-state index contributed by atoms with van der Waals surface area (Å²) in [5.41, 5.74) is 1.13. The minimum atomic E-state index is -3.49. The Morgan fingerprint density at radius 3 is 2.74 bits per heavy atom. The molecule has 1 aliphatic rings. The number of halogens is 1. The fraction of sp³-hybridized carbons (Fsp3) is 0.571. The molecule has 0 radical (unpaired) electrons. The van der Waals surface area contributed by atoms with Crippen LogP contribution >= 0.6 is 24.1 Å². The number of aromatic nitrogens is 2. The van der Waals surface area contributed by atoms with E-state index in [0.29, 0.717) is 30.0 Å². The highest BCUT2D eigenvalue weighted by molar-refractivity contribution is 7.89. The highest BCUT2D eigenvalue weighted by Crippen LogP contribution is 2.27. The van der Waals surface area contributed by atoms with E-state index in [4.69, 9.17) is 0 Å². The lowest BCUT2D eigenvalue weighted by molar-refractivity contribution is 0.268. The zero-order valence-corrected chi connectivity index (χ0v) is 15.4. The van der Waals surface area contributed by atoms with E-state index < -0.39 is 10.0 Å². The Bertz CT molecular complexity index is 742.